The van der Waals surface area contributed by atoms with E-state index in [0.717, 1.165) is 11.1 Å². The lowest BCUT2D eigenvalue weighted by molar-refractivity contribution is -0.142. The Labute approximate surface area is 227 Å². The van der Waals surface area contributed by atoms with Gasteiger partial charge in [0, 0.05) is 35.7 Å². The number of phenols is 1. The van der Waals surface area contributed by atoms with Crippen molar-refractivity contribution < 1.29 is 19.4 Å². The fraction of sp³-hybridized carbons (Fsp3) is 0.233. The number of nitrogens with zero attached hydrogens (tertiary/aromatic N) is 3. The average Bonchev–Trinajstić information content (AvgIpc) is 2.88. The van der Waals surface area contributed by atoms with Gasteiger partial charge in [-0.15, -0.1) is 0 Å². The van der Waals surface area contributed by atoms with Crippen LogP contribution in [0.3, 0.4) is 0 Å². The highest BCUT2D eigenvalue weighted by atomic mass is 16.5. The molecule has 4 rings (SSSR count). The van der Waals surface area contributed by atoms with Crippen molar-refractivity contribution in [2.24, 2.45) is 0 Å². The number of carbonyl (C=O) groups excluding carboxylic acids is 2. The number of rotatable bonds is 7. The predicted molar refractivity (Wildman–Crippen MR) is 149 cm³/mol. The summed E-state index contributed by atoms with van der Waals surface area (Å²) in [6, 6.07) is 19.4. The molecule has 3 aromatic carbocycles. The van der Waals surface area contributed by atoms with E-state index in [1.165, 1.54) is 6.92 Å². The topological polar surface area (TPSA) is 140 Å². The van der Waals surface area contributed by atoms with E-state index in [2.05, 4.69) is 41.0 Å². The molecule has 200 valence electrons. The van der Waals surface area contributed by atoms with Crippen molar-refractivity contribution in [3.8, 4) is 17.1 Å². The van der Waals surface area contributed by atoms with Crippen LogP contribution in [0.1, 0.15) is 60.6 Å². The average molecular weight is 526 g/mol. The first-order valence-electron chi connectivity index (χ1n) is 12.5. The summed E-state index contributed by atoms with van der Waals surface area (Å²) >= 11 is 0. The van der Waals surface area contributed by atoms with Crippen LogP contribution in [0, 0.1) is 0 Å². The number of nitrogen functional groups attached to an aromatic ring is 1. The van der Waals surface area contributed by atoms with Gasteiger partial charge in [0.05, 0.1) is 0 Å². The van der Waals surface area contributed by atoms with Gasteiger partial charge in [0.2, 0.25) is 5.95 Å². The lowest BCUT2D eigenvalue weighted by atomic mass is 9.86. The molecule has 0 spiro atoms. The molecule has 4 N–H and O–H groups in total. The number of amides is 1. The maximum Gasteiger partial charge on any atom is 0.302 e. The van der Waals surface area contributed by atoms with Crippen LogP contribution in [0.25, 0.3) is 11.4 Å². The Morgan fingerprint density at radius 2 is 1.64 bits per heavy atom. The van der Waals surface area contributed by atoms with Gasteiger partial charge >= 0.3 is 5.97 Å². The first-order chi connectivity index (χ1) is 18.5. The second-order valence-corrected chi connectivity index (χ2v) is 10.2. The summed E-state index contributed by atoms with van der Waals surface area (Å²) in [7, 11) is 0. The highest BCUT2D eigenvalue weighted by molar-refractivity contribution is 6.05. The number of nitrogens with two attached hydrogens (primary N) is 1. The maximum atomic E-state index is 13.2. The molecule has 39 heavy (non-hydrogen) atoms. The van der Waals surface area contributed by atoms with Crippen molar-refractivity contribution in [1.82, 2.24) is 15.0 Å². The van der Waals surface area contributed by atoms with Crippen LogP contribution in [0.2, 0.25) is 0 Å². The van der Waals surface area contributed by atoms with E-state index in [-0.39, 0.29) is 35.5 Å². The number of anilines is 2. The number of phenolic OH excluding ortho intramolecular Hbond substituents is 1. The summed E-state index contributed by atoms with van der Waals surface area (Å²) in [4.78, 5) is 38.0. The minimum absolute atomic E-state index is 0.0283. The zero-order valence-electron chi connectivity index (χ0n) is 22.4. The van der Waals surface area contributed by atoms with Crippen LogP contribution in [0.4, 0.5) is 11.6 Å². The Balaban J connectivity index is 1.68. The SMILES string of the molecule is CC(=O)OCc1c(NC(=O)c2ccc(C(C)(C)C)cc2)cccc1-c1nc(N)nc(Cc2ccc(O)cc2)n1. The molecule has 0 saturated heterocycles. The van der Waals surface area contributed by atoms with Gasteiger partial charge in [-0.25, -0.2) is 4.98 Å². The number of carbonyl (C=O) groups is 2. The van der Waals surface area contributed by atoms with Gasteiger partial charge in [-0.05, 0) is 46.9 Å². The number of benzene rings is 3. The molecule has 0 radical (unpaired) electrons. The number of esters is 1. The molecule has 1 amide bonds. The van der Waals surface area contributed by atoms with Crippen molar-refractivity contribution >= 4 is 23.5 Å². The maximum absolute atomic E-state index is 13.2. The molecular weight excluding hydrogens is 494 g/mol. The third-order valence-electron chi connectivity index (χ3n) is 6.10. The van der Waals surface area contributed by atoms with Crippen molar-refractivity contribution in [1.29, 1.82) is 0 Å². The summed E-state index contributed by atoms with van der Waals surface area (Å²) in [5.74, 6) is 0.122. The first-order valence-corrected chi connectivity index (χ1v) is 12.5. The van der Waals surface area contributed by atoms with Crippen LogP contribution in [-0.2, 0) is 28.0 Å². The summed E-state index contributed by atoms with van der Waals surface area (Å²) in [6.45, 7) is 7.54. The molecule has 0 aliphatic carbocycles. The van der Waals surface area contributed by atoms with Crippen molar-refractivity contribution in [2.75, 3.05) is 11.1 Å². The summed E-state index contributed by atoms with van der Waals surface area (Å²) in [5.41, 5.74) is 10.00. The highest BCUT2D eigenvalue weighted by Crippen LogP contribution is 2.30. The molecule has 4 aromatic rings. The molecule has 0 aliphatic rings. The predicted octanol–water partition coefficient (Wildman–Crippen LogP) is 5.03. The molecule has 9 nitrogen and oxygen atoms in total. The monoisotopic (exact) mass is 525 g/mol. The molecule has 0 bridgehead atoms. The van der Waals surface area contributed by atoms with Gasteiger partial charge in [0.15, 0.2) is 5.82 Å². The van der Waals surface area contributed by atoms with E-state index < -0.39 is 5.97 Å². The van der Waals surface area contributed by atoms with E-state index in [1.54, 1.807) is 54.6 Å². The van der Waals surface area contributed by atoms with Gasteiger partial charge in [-0.1, -0.05) is 57.2 Å². The number of hydrogen-bond acceptors (Lipinski definition) is 8. The molecule has 0 atom stereocenters. The standard InChI is InChI=1S/C30H31N5O4/c1-18(36)39-17-24-23(27-33-26(34-29(31)35-27)16-19-8-14-22(37)15-9-19)6-5-7-25(24)32-28(38)20-10-12-21(13-11-20)30(2,3)4/h5-15,37H,16-17H2,1-4H3,(H,32,38)(H2,31,33,34,35). The van der Waals surface area contributed by atoms with E-state index in [9.17, 15) is 14.7 Å². The normalized spacial score (nSPS) is 11.2. The minimum atomic E-state index is -0.469. The fourth-order valence-corrected chi connectivity index (χ4v) is 3.99. The van der Waals surface area contributed by atoms with Crippen LogP contribution in [-0.4, -0.2) is 31.9 Å². The van der Waals surface area contributed by atoms with Crippen LogP contribution >= 0.6 is 0 Å². The Hall–Kier alpha value is -4.79. The van der Waals surface area contributed by atoms with Crippen molar-refractivity contribution in [3.05, 3.63) is 94.8 Å². The molecule has 1 heterocycles. The van der Waals surface area contributed by atoms with Crippen LogP contribution in [0.5, 0.6) is 5.75 Å². The van der Waals surface area contributed by atoms with E-state index in [4.69, 9.17) is 10.5 Å². The quantitative estimate of drug-likeness (QED) is 0.285. The third kappa shape index (κ3) is 6.95. The zero-order valence-corrected chi connectivity index (χ0v) is 22.4. The smallest absolute Gasteiger partial charge is 0.302 e. The number of aromatic hydroxyl groups is 1. The number of aromatic nitrogens is 3. The Kier molecular flexibility index (Phi) is 7.90. The molecule has 0 aliphatic heterocycles. The Morgan fingerprint density at radius 3 is 2.28 bits per heavy atom. The van der Waals surface area contributed by atoms with Crippen LogP contribution in [0.15, 0.2) is 66.7 Å². The fourth-order valence-electron chi connectivity index (χ4n) is 3.99. The molecule has 9 heteroatoms. The number of ether oxygens (including phenoxy) is 1. The van der Waals surface area contributed by atoms with Gasteiger partial charge < -0.3 is 20.9 Å². The summed E-state index contributed by atoms with van der Waals surface area (Å²) in [6.07, 6.45) is 0.361. The highest BCUT2D eigenvalue weighted by Gasteiger charge is 2.19. The van der Waals surface area contributed by atoms with Gasteiger partial charge in [-0.2, -0.15) is 9.97 Å². The molecule has 1 aromatic heterocycles. The number of nitrogens with one attached hydrogen (secondary N) is 1. The zero-order chi connectivity index (χ0) is 28.2. The van der Waals surface area contributed by atoms with Gasteiger partial charge in [0.1, 0.15) is 18.2 Å². The molecule has 0 fully saturated rings. The largest absolute Gasteiger partial charge is 0.508 e. The first kappa shape index (κ1) is 27.3. The van der Waals surface area contributed by atoms with E-state index in [1.807, 2.05) is 12.1 Å². The van der Waals surface area contributed by atoms with Crippen molar-refractivity contribution in [2.45, 2.75) is 46.1 Å². The second kappa shape index (κ2) is 11.3. The second-order valence-electron chi connectivity index (χ2n) is 10.2. The minimum Gasteiger partial charge on any atom is -0.508 e. The lowest BCUT2D eigenvalue weighted by Gasteiger charge is -2.19. The van der Waals surface area contributed by atoms with E-state index >= 15 is 0 Å². The molecule has 0 unspecified atom stereocenters. The molecular formula is C30H31N5O4. The number of hydrogen-bond donors (Lipinski definition) is 3. The third-order valence-corrected chi connectivity index (χ3v) is 6.10. The van der Waals surface area contributed by atoms with Gasteiger partial charge in [-0.3, -0.25) is 9.59 Å². The van der Waals surface area contributed by atoms with Crippen molar-refractivity contribution in [3.63, 3.8) is 0 Å². The van der Waals surface area contributed by atoms with E-state index in [0.29, 0.717) is 34.6 Å². The van der Waals surface area contributed by atoms with Crippen LogP contribution < -0.4 is 11.1 Å². The Morgan fingerprint density at radius 1 is 0.949 bits per heavy atom. The van der Waals surface area contributed by atoms with Gasteiger partial charge in [0.25, 0.3) is 5.91 Å². The molecule has 0 saturated carbocycles. The summed E-state index contributed by atoms with van der Waals surface area (Å²) in [5, 5.41) is 12.5. The summed E-state index contributed by atoms with van der Waals surface area (Å²) < 4.78 is 5.32. The Bertz CT molecular complexity index is 1490. The lowest BCUT2D eigenvalue weighted by Crippen LogP contribution is -2.16.